The van der Waals surface area contributed by atoms with Gasteiger partial charge in [0.15, 0.2) is 0 Å². The van der Waals surface area contributed by atoms with Crippen molar-refractivity contribution < 1.29 is 0 Å². The Hall–Kier alpha value is -2.35. The lowest BCUT2D eigenvalue weighted by Gasteiger charge is -2.14. The van der Waals surface area contributed by atoms with Gasteiger partial charge in [-0.3, -0.25) is 0 Å². The van der Waals surface area contributed by atoms with E-state index in [9.17, 15) is 0 Å². The predicted molar refractivity (Wildman–Crippen MR) is 75.4 cm³/mol. The Morgan fingerprint density at radius 3 is 2.06 bits per heavy atom. The maximum atomic E-state index is 4.74. The van der Waals surface area contributed by atoms with Gasteiger partial charge in [0.05, 0.1) is 18.0 Å². The van der Waals surface area contributed by atoms with Gasteiger partial charge < -0.3 is 5.32 Å². The van der Waals surface area contributed by atoms with Crippen molar-refractivity contribution in [1.29, 1.82) is 0 Å². The molecule has 3 rings (SSSR count). The van der Waals surface area contributed by atoms with E-state index in [-0.39, 0.29) is 0 Å². The SMILES string of the molecule is C1=C(c2ccccc2)N=C(c2ccccc2)CN1. The lowest BCUT2D eigenvalue weighted by Crippen LogP contribution is -2.23. The van der Waals surface area contributed by atoms with E-state index in [0.29, 0.717) is 0 Å². The second kappa shape index (κ2) is 4.88. The van der Waals surface area contributed by atoms with Crippen molar-refractivity contribution >= 4 is 11.4 Å². The van der Waals surface area contributed by atoms with Crippen molar-refractivity contribution in [3.05, 3.63) is 78.0 Å². The molecule has 2 nitrogen and oxygen atoms in total. The predicted octanol–water partition coefficient (Wildman–Crippen LogP) is 3.08. The molecular weight excluding hydrogens is 220 g/mol. The van der Waals surface area contributed by atoms with Gasteiger partial charge in [-0.25, -0.2) is 4.99 Å². The first-order chi connectivity index (χ1) is 8.93. The largest absolute Gasteiger partial charge is 0.383 e. The van der Waals surface area contributed by atoms with Crippen LogP contribution in [0.15, 0.2) is 71.9 Å². The molecule has 0 bridgehead atoms. The van der Waals surface area contributed by atoms with E-state index in [1.54, 1.807) is 0 Å². The zero-order valence-corrected chi connectivity index (χ0v) is 10.0. The smallest absolute Gasteiger partial charge is 0.0862 e. The van der Waals surface area contributed by atoms with Crippen LogP contribution in [0.25, 0.3) is 5.70 Å². The van der Waals surface area contributed by atoms with Crippen LogP contribution in [0.4, 0.5) is 0 Å². The Kier molecular flexibility index (Phi) is 2.92. The first-order valence-corrected chi connectivity index (χ1v) is 6.05. The Labute approximate surface area is 107 Å². The lowest BCUT2D eigenvalue weighted by molar-refractivity contribution is 0.995. The molecule has 0 unspecified atom stereocenters. The second-order valence-corrected chi connectivity index (χ2v) is 4.20. The molecule has 2 aromatic rings. The van der Waals surface area contributed by atoms with Crippen LogP contribution in [-0.4, -0.2) is 12.3 Å². The number of rotatable bonds is 2. The zero-order chi connectivity index (χ0) is 12.2. The topological polar surface area (TPSA) is 24.4 Å². The normalized spacial score (nSPS) is 14.4. The molecule has 1 N–H and O–H groups in total. The third kappa shape index (κ3) is 2.18. The Bertz CT molecular complexity index is 583. The highest BCUT2D eigenvalue weighted by Gasteiger charge is 2.09. The molecule has 0 atom stereocenters. The molecule has 2 aromatic carbocycles. The number of aliphatic imine (C=N–C) groups is 1. The summed E-state index contributed by atoms with van der Waals surface area (Å²) in [5.74, 6) is 0. The van der Waals surface area contributed by atoms with Gasteiger partial charge in [-0.1, -0.05) is 60.7 Å². The number of nitrogens with zero attached hydrogens (tertiary/aromatic N) is 1. The van der Waals surface area contributed by atoms with Gasteiger partial charge in [-0.05, 0) is 5.56 Å². The molecule has 0 radical (unpaired) electrons. The van der Waals surface area contributed by atoms with Gasteiger partial charge in [0, 0.05) is 11.8 Å². The van der Waals surface area contributed by atoms with Gasteiger partial charge in [0.1, 0.15) is 0 Å². The van der Waals surface area contributed by atoms with E-state index >= 15 is 0 Å². The van der Waals surface area contributed by atoms with E-state index < -0.39 is 0 Å². The second-order valence-electron chi connectivity index (χ2n) is 4.20. The third-order valence-electron chi connectivity index (χ3n) is 2.94. The van der Waals surface area contributed by atoms with Gasteiger partial charge in [-0.15, -0.1) is 0 Å². The molecule has 88 valence electrons. The molecule has 0 aromatic heterocycles. The summed E-state index contributed by atoms with van der Waals surface area (Å²) in [4.78, 5) is 4.74. The molecule has 0 fully saturated rings. The van der Waals surface area contributed by atoms with E-state index in [2.05, 4.69) is 29.6 Å². The highest BCUT2D eigenvalue weighted by atomic mass is 14.9. The van der Waals surface area contributed by atoms with Crippen LogP contribution in [0, 0.1) is 0 Å². The average molecular weight is 234 g/mol. The summed E-state index contributed by atoms with van der Waals surface area (Å²) >= 11 is 0. The van der Waals surface area contributed by atoms with Crippen molar-refractivity contribution in [3.8, 4) is 0 Å². The molecule has 1 aliphatic rings. The minimum atomic E-state index is 0.778. The summed E-state index contributed by atoms with van der Waals surface area (Å²) in [5.41, 5.74) is 4.38. The summed E-state index contributed by atoms with van der Waals surface area (Å²) in [6.45, 7) is 0.778. The summed E-state index contributed by atoms with van der Waals surface area (Å²) in [7, 11) is 0. The maximum absolute atomic E-state index is 4.74. The zero-order valence-electron chi connectivity index (χ0n) is 10.0. The minimum Gasteiger partial charge on any atom is -0.383 e. The van der Waals surface area contributed by atoms with Gasteiger partial charge in [-0.2, -0.15) is 0 Å². The number of hydrogen-bond donors (Lipinski definition) is 1. The maximum Gasteiger partial charge on any atom is 0.0862 e. The summed E-state index contributed by atoms with van der Waals surface area (Å²) in [6.07, 6.45) is 1.97. The monoisotopic (exact) mass is 234 g/mol. The fourth-order valence-electron chi connectivity index (χ4n) is 2.02. The van der Waals surface area contributed by atoms with Crippen LogP contribution >= 0.6 is 0 Å². The fourth-order valence-corrected chi connectivity index (χ4v) is 2.02. The molecule has 1 aliphatic heterocycles. The summed E-state index contributed by atoms with van der Waals surface area (Å²) in [6, 6.07) is 20.5. The van der Waals surface area contributed by atoms with E-state index in [1.165, 1.54) is 5.56 Å². The summed E-state index contributed by atoms with van der Waals surface area (Å²) < 4.78 is 0. The quantitative estimate of drug-likeness (QED) is 0.848. The summed E-state index contributed by atoms with van der Waals surface area (Å²) in [5, 5.41) is 3.29. The molecule has 0 amide bonds. The van der Waals surface area contributed by atoms with Gasteiger partial charge in [0.2, 0.25) is 0 Å². The fraction of sp³-hybridized carbons (Fsp3) is 0.0625. The van der Waals surface area contributed by atoms with Crippen molar-refractivity contribution in [1.82, 2.24) is 5.32 Å². The Morgan fingerprint density at radius 2 is 1.39 bits per heavy atom. The molecule has 2 heteroatoms. The van der Waals surface area contributed by atoms with Crippen LogP contribution in [-0.2, 0) is 0 Å². The first-order valence-electron chi connectivity index (χ1n) is 6.05. The molecule has 0 saturated heterocycles. The molecule has 18 heavy (non-hydrogen) atoms. The Morgan fingerprint density at radius 1 is 0.778 bits per heavy atom. The minimum absolute atomic E-state index is 0.778. The third-order valence-corrected chi connectivity index (χ3v) is 2.94. The number of hydrogen-bond acceptors (Lipinski definition) is 2. The van der Waals surface area contributed by atoms with Crippen molar-refractivity contribution in [2.24, 2.45) is 4.99 Å². The lowest BCUT2D eigenvalue weighted by atomic mass is 10.1. The Balaban J connectivity index is 1.95. The van der Waals surface area contributed by atoms with Crippen LogP contribution in [0.1, 0.15) is 11.1 Å². The van der Waals surface area contributed by atoms with Crippen molar-refractivity contribution in [2.75, 3.05) is 6.54 Å². The highest BCUT2D eigenvalue weighted by Crippen LogP contribution is 2.18. The van der Waals surface area contributed by atoms with Crippen LogP contribution in [0.3, 0.4) is 0 Å². The van der Waals surface area contributed by atoms with Gasteiger partial charge >= 0.3 is 0 Å². The molecule has 1 heterocycles. The standard InChI is InChI=1S/C16H14N2/c1-3-7-13(8-4-1)15-11-17-12-16(18-15)14-9-5-2-6-10-14/h1-11,17H,12H2. The van der Waals surface area contributed by atoms with E-state index in [4.69, 9.17) is 4.99 Å². The molecule has 0 saturated carbocycles. The van der Waals surface area contributed by atoms with E-state index in [1.807, 2.05) is 42.6 Å². The van der Waals surface area contributed by atoms with E-state index in [0.717, 1.165) is 23.5 Å². The first kappa shape index (κ1) is 10.8. The average Bonchev–Trinajstić information content (AvgIpc) is 2.49. The van der Waals surface area contributed by atoms with Crippen molar-refractivity contribution in [2.45, 2.75) is 0 Å². The van der Waals surface area contributed by atoms with Crippen molar-refractivity contribution in [3.63, 3.8) is 0 Å². The number of benzene rings is 2. The highest BCUT2D eigenvalue weighted by molar-refractivity contribution is 6.05. The van der Waals surface area contributed by atoms with Gasteiger partial charge in [0.25, 0.3) is 0 Å². The molecule has 0 spiro atoms. The molecular formula is C16H14N2. The molecule has 0 aliphatic carbocycles. The number of nitrogens with one attached hydrogen (secondary N) is 1. The van der Waals surface area contributed by atoms with Crippen LogP contribution in [0.2, 0.25) is 0 Å². The van der Waals surface area contributed by atoms with Crippen LogP contribution < -0.4 is 5.32 Å². The van der Waals surface area contributed by atoms with Crippen LogP contribution in [0.5, 0.6) is 0 Å².